The Morgan fingerprint density at radius 3 is 2.52 bits per heavy atom. The van der Waals surface area contributed by atoms with E-state index in [1.165, 1.54) is 5.56 Å². The molecule has 1 amide bonds. The van der Waals surface area contributed by atoms with Crippen LogP contribution < -0.4 is 15.4 Å². The maximum absolute atomic E-state index is 12.2. The summed E-state index contributed by atoms with van der Waals surface area (Å²) in [6, 6.07) is 15.5. The highest BCUT2D eigenvalue weighted by Gasteiger charge is 2.12. The van der Waals surface area contributed by atoms with Crippen LogP contribution in [0, 0.1) is 0 Å². The monoisotopic (exact) mass is 312 g/mol. The van der Waals surface area contributed by atoms with E-state index in [1.54, 1.807) is 7.11 Å². The first kappa shape index (κ1) is 16.9. The highest BCUT2D eigenvalue weighted by molar-refractivity contribution is 5.84. The number of anilines is 1. The van der Waals surface area contributed by atoms with Gasteiger partial charge in [0.25, 0.3) is 0 Å². The third kappa shape index (κ3) is 5.02. The highest BCUT2D eigenvalue weighted by atomic mass is 16.5. The minimum Gasteiger partial charge on any atom is -0.497 e. The molecule has 23 heavy (non-hydrogen) atoms. The van der Waals surface area contributed by atoms with Gasteiger partial charge in [-0.1, -0.05) is 31.2 Å². The molecule has 0 spiro atoms. The number of methoxy groups -OCH3 is 1. The Bertz CT molecular complexity index is 638. The van der Waals surface area contributed by atoms with Crippen molar-refractivity contribution in [3.63, 3.8) is 0 Å². The van der Waals surface area contributed by atoms with E-state index in [0.29, 0.717) is 6.54 Å². The van der Waals surface area contributed by atoms with Crippen LogP contribution in [0.2, 0.25) is 0 Å². The van der Waals surface area contributed by atoms with Crippen LogP contribution in [-0.2, 0) is 17.8 Å². The predicted octanol–water partition coefficient (Wildman–Crippen LogP) is 3.37. The first-order chi connectivity index (χ1) is 11.1. The lowest BCUT2D eigenvalue weighted by Gasteiger charge is -2.16. The fraction of sp³-hybridized carbons (Fsp3) is 0.316. The molecule has 0 radical (unpaired) electrons. The minimum atomic E-state index is -0.291. The van der Waals surface area contributed by atoms with Crippen molar-refractivity contribution < 1.29 is 9.53 Å². The highest BCUT2D eigenvalue weighted by Crippen LogP contribution is 2.13. The Morgan fingerprint density at radius 2 is 1.87 bits per heavy atom. The fourth-order valence-corrected chi connectivity index (χ4v) is 2.28. The standard InChI is InChI=1S/C19H24N2O2/c1-4-15-6-5-7-17(12-15)21-14(2)19(22)20-13-16-8-10-18(23-3)11-9-16/h5-12,14,21H,4,13H2,1-3H3,(H,20,22)/t14-/m0/s1. The number of carbonyl (C=O) groups excluding carboxylic acids is 1. The van der Waals surface area contributed by atoms with Gasteiger partial charge in [0.2, 0.25) is 5.91 Å². The van der Waals surface area contributed by atoms with Crippen molar-refractivity contribution >= 4 is 11.6 Å². The van der Waals surface area contributed by atoms with E-state index >= 15 is 0 Å². The summed E-state index contributed by atoms with van der Waals surface area (Å²) in [4.78, 5) is 12.2. The molecule has 0 fully saturated rings. The molecule has 0 saturated heterocycles. The van der Waals surface area contributed by atoms with Crippen molar-refractivity contribution in [1.29, 1.82) is 0 Å². The maximum atomic E-state index is 12.2. The number of amides is 1. The smallest absolute Gasteiger partial charge is 0.242 e. The van der Waals surface area contributed by atoms with Crippen LogP contribution in [0.4, 0.5) is 5.69 Å². The molecule has 0 aliphatic rings. The lowest BCUT2D eigenvalue weighted by Crippen LogP contribution is -2.37. The van der Waals surface area contributed by atoms with Crippen molar-refractivity contribution in [1.82, 2.24) is 5.32 Å². The number of nitrogens with one attached hydrogen (secondary N) is 2. The largest absolute Gasteiger partial charge is 0.497 e. The zero-order valence-electron chi connectivity index (χ0n) is 13.9. The molecule has 122 valence electrons. The fourth-order valence-electron chi connectivity index (χ4n) is 2.28. The van der Waals surface area contributed by atoms with Crippen LogP contribution in [0.3, 0.4) is 0 Å². The molecule has 0 heterocycles. The average molecular weight is 312 g/mol. The van der Waals surface area contributed by atoms with Crippen LogP contribution in [0.5, 0.6) is 5.75 Å². The molecule has 0 aliphatic carbocycles. The molecule has 0 saturated carbocycles. The van der Waals surface area contributed by atoms with Crippen LogP contribution in [0.1, 0.15) is 25.0 Å². The van der Waals surface area contributed by atoms with Crippen molar-refractivity contribution in [3.8, 4) is 5.75 Å². The Balaban J connectivity index is 1.86. The van der Waals surface area contributed by atoms with Gasteiger partial charge < -0.3 is 15.4 Å². The molecule has 2 aromatic rings. The summed E-state index contributed by atoms with van der Waals surface area (Å²) in [5.74, 6) is 0.786. The lowest BCUT2D eigenvalue weighted by atomic mass is 10.1. The topological polar surface area (TPSA) is 50.4 Å². The number of aryl methyl sites for hydroxylation is 1. The third-order valence-corrected chi connectivity index (χ3v) is 3.74. The van der Waals surface area contributed by atoms with Crippen molar-refractivity contribution in [2.45, 2.75) is 32.9 Å². The zero-order valence-corrected chi connectivity index (χ0v) is 13.9. The van der Waals surface area contributed by atoms with Gasteiger partial charge in [-0.15, -0.1) is 0 Å². The summed E-state index contributed by atoms with van der Waals surface area (Å²) in [5, 5.41) is 6.18. The number of hydrogen-bond donors (Lipinski definition) is 2. The first-order valence-electron chi connectivity index (χ1n) is 7.88. The van der Waals surface area contributed by atoms with E-state index in [1.807, 2.05) is 43.3 Å². The molecule has 0 aromatic heterocycles. The summed E-state index contributed by atoms with van der Waals surface area (Å²) < 4.78 is 5.12. The van der Waals surface area contributed by atoms with Gasteiger partial charge in [-0.25, -0.2) is 0 Å². The Hall–Kier alpha value is -2.49. The maximum Gasteiger partial charge on any atom is 0.242 e. The Morgan fingerprint density at radius 1 is 1.13 bits per heavy atom. The van der Waals surface area contributed by atoms with Crippen molar-refractivity contribution in [3.05, 3.63) is 59.7 Å². The second kappa shape index (κ2) is 8.22. The zero-order chi connectivity index (χ0) is 16.7. The quantitative estimate of drug-likeness (QED) is 0.824. The van der Waals surface area contributed by atoms with Gasteiger partial charge >= 0.3 is 0 Å². The molecular weight excluding hydrogens is 288 g/mol. The normalized spacial score (nSPS) is 11.6. The van der Waals surface area contributed by atoms with E-state index in [9.17, 15) is 4.79 Å². The summed E-state index contributed by atoms with van der Waals surface area (Å²) in [6.07, 6.45) is 0.980. The predicted molar refractivity (Wildman–Crippen MR) is 93.7 cm³/mol. The summed E-state index contributed by atoms with van der Waals surface area (Å²) in [6.45, 7) is 4.48. The van der Waals surface area contributed by atoms with Crippen LogP contribution in [0.25, 0.3) is 0 Å². The van der Waals surface area contributed by atoms with Gasteiger partial charge in [0.05, 0.1) is 7.11 Å². The molecule has 0 aliphatic heterocycles. The average Bonchev–Trinajstić information content (AvgIpc) is 2.60. The number of hydrogen-bond acceptors (Lipinski definition) is 3. The van der Waals surface area contributed by atoms with Crippen LogP contribution in [0.15, 0.2) is 48.5 Å². The summed E-state index contributed by atoms with van der Waals surface area (Å²) >= 11 is 0. The molecule has 1 atom stereocenters. The van der Waals surface area contributed by atoms with Crippen molar-refractivity contribution in [2.24, 2.45) is 0 Å². The van der Waals surface area contributed by atoms with Gasteiger partial charge in [-0.05, 0) is 48.7 Å². The lowest BCUT2D eigenvalue weighted by molar-refractivity contribution is -0.121. The van der Waals surface area contributed by atoms with Gasteiger partial charge in [0.1, 0.15) is 11.8 Å². The Labute approximate surface area is 137 Å². The number of rotatable bonds is 7. The second-order valence-corrected chi connectivity index (χ2v) is 5.49. The van der Waals surface area contributed by atoms with Gasteiger partial charge in [0.15, 0.2) is 0 Å². The molecule has 2 aromatic carbocycles. The van der Waals surface area contributed by atoms with Gasteiger partial charge in [-0.3, -0.25) is 4.79 Å². The molecule has 4 nitrogen and oxygen atoms in total. The van der Waals surface area contributed by atoms with E-state index in [0.717, 1.165) is 23.4 Å². The van der Waals surface area contributed by atoms with E-state index < -0.39 is 0 Å². The molecular formula is C19H24N2O2. The van der Waals surface area contributed by atoms with Crippen LogP contribution in [-0.4, -0.2) is 19.1 Å². The summed E-state index contributed by atoms with van der Waals surface area (Å²) in [5.41, 5.74) is 3.26. The molecule has 0 bridgehead atoms. The van der Waals surface area contributed by atoms with E-state index in [-0.39, 0.29) is 11.9 Å². The van der Waals surface area contributed by atoms with Gasteiger partial charge in [0, 0.05) is 12.2 Å². The summed E-state index contributed by atoms with van der Waals surface area (Å²) in [7, 11) is 1.64. The third-order valence-electron chi connectivity index (χ3n) is 3.74. The number of carbonyl (C=O) groups is 1. The number of ether oxygens (including phenoxy) is 1. The minimum absolute atomic E-state index is 0.0253. The van der Waals surface area contributed by atoms with Gasteiger partial charge in [-0.2, -0.15) is 0 Å². The van der Waals surface area contributed by atoms with Crippen molar-refractivity contribution in [2.75, 3.05) is 12.4 Å². The van der Waals surface area contributed by atoms with Crippen LogP contribution >= 0.6 is 0 Å². The van der Waals surface area contributed by atoms with E-state index in [4.69, 9.17) is 4.74 Å². The molecule has 2 N–H and O–H groups in total. The van der Waals surface area contributed by atoms with E-state index in [2.05, 4.69) is 29.7 Å². The molecule has 4 heteroatoms. The molecule has 2 rings (SSSR count). The SMILES string of the molecule is CCc1cccc(N[C@@H](C)C(=O)NCc2ccc(OC)cc2)c1. The first-order valence-corrected chi connectivity index (χ1v) is 7.88. The molecule has 0 unspecified atom stereocenters. The Kier molecular flexibility index (Phi) is 6.03. The second-order valence-electron chi connectivity index (χ2n) is 5.49. The number of benzene rings is 2.